The molecular weight excluding hydrogens is 408 g/mol. The summed E-state index contributed by atoms with van der Waals surface area (Å²) < 4.78 is 5.92. The van der Waals surface area contributed by atoms with Gasteiger partial charge in [0.05, 0.1) is 11.5 Å². The van der Waals surface area contributed by atoms with Gasteiger partial charge in [-0.25, -0.2) is 0 Å². The second-order valence-corrected chi connectivity index (χ2v) is 9.61. The van der Waals surface area contributed by atoms with Crippen molar-refractivity contribution in [1.82, 2.24) is 0 Å². The fourth-order valence-electron chi connectivity index (χ4n) is 5.04. The molecule has 2 aliphatic carbocycles. The quantitative estimate of drug-likeness (QED) is 0.488. The monoisotopic (exact) mass is 436 g/mol. The smallest absolute Gasteiger partial charge is 0.313 e. The van der Waals surface area contributed by atoms with Gasteiger partial charge in [-0.2, -0.15) is 0 Å². The van der Waals surface area contributed by atoms with Crippen LogP contribution in [0.4, 0.5) is 0 Å². The van der Waals surface area contributed by atoms with Gasteiger partial charge in [0.1, 0.15) is 5.76 Å². The number of rotatable bonds is 4. The first-order chi connectivity index (χ1) is 14.8. The van der Waals surface area contributed by atoms with Crippen molar-refractivity contribution in [1.29, 1.82) is 0 Å². The number of hydrogen-bond donors (Lipinski definition) is 0. The lowest BCUT2D eigenvalue weighted by Crippen LogP contribution is -2.23. The van der Waals surface area contributed by atoms with Crippen LogP contribution in [-0.2, 0) is 14.3 Å². The molecule has 0 heterocycles. The van der Waals surface area contributed by atoms with Crippen molar-refractivity contribution >= 4 is 28.9 Å². The molecule has 3 nitrogen and oxygen atoms in total. The predicted molar refractivity (Wildman–Crippen MR) is 125 cm³/mol. The van der Waals surface area contributed by atoms with E-state index >= 15 is 0 Å². The molecule has 0 aromatic heterocycles. The van der Waals surface area contributed by atoms with Crippen molar-refractivity contribution < 1.29 is 14.3 Å². The molecule has 1 saturated carbocycles. The Balaban J connectivity index is 1.84. The molecular formula is C27H29ClO3. The summed E-state index contributed by atoms with van der Waals surface area (Å²) in [6.07, 6.45) is 3.89. The van der Waals surface area contributed by atoms with Crippen LogP contribution in [0.1, 0.15) is 56.2 Å². The van der Waals surface area contributed by atoms with Crippen LogP contribution in [0.5, 0.6) is 0 Å². The van der Waals surface area contributed by atoms with Crippen molar-refractivity contribution in [3.05, 3.63) is 63.9 Å². The third kappa shape index (κ3) is 4.08. The number of aryl methyl sites for hydroxylation is 2. The van der Waals surface area contributed by atoms with E-state index < -0.39 is 0 Å². The van der Waals surface area contributed by atoms with Crippen LogP contribution >= 0.6 is 11.6 Å². The average Bonchev–Trinajstić information content (AvgIpc) is 2.99. The highest BCUT2D eigenvalue weighted by molar-refractivity contribution is 6.30. The van der Waals surface area contributed by atoms with Gasteiger partial charge in [0.2, 0.25) is 0 Å². The lowest BCUT2D eigenvalue weighted by Gasteiger charge is -2.25. The van der Waals surface area contributed by atoms with E-state index in [0.717, 1.165) is 53.5 Å². The maximum atomic E-state index is 13.5. The Hall–Kier alpha value is -2.39. The van der Waals surface area contributed by atoms with E-state index in [-0.39, 0.29) is 29.5 Å². The average molecular weight is 437 g/mol. The first-order valence-electron chi connectivity index (χ1n) is 11.2. The van der Waals surface area contributed by atoms with Gasteiger partial charge in [-0.05, 0) is 66.6 Å². The summed E-state index contributed by atoms with van der Waals surface area (Å²) in [5, 5.41) is 0.692. The summed E-state index contributed by atoms with van der Waals surface area (Å²) >= 11 is 6.19. The van der Waals surface area contributed by atoms with Gasteiger partial charge in [-0.15, -0.1) is 0 Å². The van der Waals surface area contributed by atoms with E-state index in [4.69, 9.17) is 16.3 Å². The van der Waals surface area contributed by atoms with Crippen LogP contribution in [0, 0.1) is 31.6 Å². The summed E-state index contributed by atoms with van der Waals surface area (Å²) in [6.45, 7) is 7.71. The largest absolute Gasteiger partial charge is 0.430 e. The van der Waals surface area contributed by atoms with Crippen LogP contribution in [0.15, 0.2) is 42.2 Å². The summed E-state index contributed by atoms with van der Waals surface area (Å²) in [7, 11) is 0. The normalized spacial score (nSPS) is 20.9. The minimum absolute atomic E-state index is 0.0188. The molecule has 31 heavy (non-hydrogen) atoms. The Morgan fingerprint density at radius 3 is 2.26 bits per heavy atom. The van der Waals surface area contributed by atoms with Crippen LogP contribution in [0.3, 0.4) is 0 Å². The number of ether oxygens (including phenoxy) is 1. The van der Waals surface area contributed by atoms with E-state index in [1.165, 1.54) is 0 Å². The number of hydrogen-bond acceptors (Lipinski definition) is 3. The van der Waals surface area contributed by atoms with Gasteiger partial charge >= 0.3 is 5.97 Å². The third-order valence-electron chi connectivity index (χ3n) is 6.55. The lowest BCUT2D eigenvalue weighted by atomic mass is 9.80. The summed E-state index contributed by atoms with van der Waals surface area (Å²) in [4.78, 5) is 26.1. The predicted octanol–water partition coefficient (Wildman–Crippen LogP) is 6.92. The number of benzene rings is 2. The Morgan fingerprint density at radius 2 is 1.65 bits per heavy atom. The van der Waals surface area contributed by atoms with E-state index in [9.17, 15) is 9.59 Å². The highest BCUT2D eigenvalue weighted by Crippen LogP contribution is 2.49. The molecule has 0 bridgehead atoms. The molecule has 1 fully saturated rings. The molecule has 0 aliphatic heterocycles. The van der Waals surface area contributed by atoms with E-state index in [1.54, 1.807) is 0 Å². The minimum atomic E-state index is -0.266. The minimum Gasteiger partial charge on any atom is -0.430 e. The summed E-state index contributed by atoms with van der Waals surface area (Å²) in [5.74, 6) is 0.194. The number of carbonyl (C=O) groups is 2. The molecule has 2 aromatic carbocycles. The number of halogens is 1. The molecule has 0 spiro atoms. The molecule has 4 heteroatoms. The fraction of sp³-hybridized carbons (Fsp3) is 0.407. The van der Waals surface area contributed by atoms with Crippen molar-refractivity contribution in [3.8, 4) is 11.1 Å². The standard InChI is InChI=1S/C27H29ClO3/c1-15(2)27(30)31-26-22-11-6-5-10-21(22)25(29)24(26)23-16(3)12-19(13-17(23)4)18-8-7-9-20(28)14-18/h7-9,12-15,21-22H,5-6,10-11H2,1-4H3. The SMILES string of the molecule is Cc1cc(-c2cccc(Cl)c2)cc(C)c1C1=C(OC(=O)C(C)C)C2CCCCC2C1=O. The van der Waals surface area contributed by atoms with Crippen LogP contribution in [-0.4, -0.2) is 11.8 Å². The van der Waals surface area contributed by atoms with E-state index in [1.807, 2.05) is 52.0 Å². The van der Waals surface area contributed by atoms with Gasteiger partial charge < -0.3 is 4.74 Å². The molecule has 2 aliphatic rings. The zero-order chi connectivity index (χ0) is 22.3. The van der Waals surface area contributed by atoms with Gasteiger partial charge in [0, 0.05) is 16.9 Å². The Bertz CT molecular complexity index is 1060. The number of carbonyl (C=O) groups excluding carboxylic acids is 2. The first-order valence-corrected chi connectivity index (χ1v) is 11.5. The van der Waals surface area contributed by atoms with Gasteiger partial charge in [-0.1, -0.05) is 62.6 Å². The molecule has 2 atom stereocenters. The Morgan fingerprint density at radius 1 is 1.00 bits per heavy atom. The van der Waals surface area contributed by atoms with Crippen molar-refractivity contribution in [2.24, 2.45) is 17.8 Å². The number of Topliss-reactive ketones (excluding diaryl/α,β-unsaturated/α-hetero) is 1. The summed E-state index contributed by atoms with van der Waals surface area (Å²) in [5.41, 5.74) is 5.66. The first kappa shape index (κ1) is 21.8. The topological polar surface area (TPSA) is 43.4 Å². The van der Waals surface area contributed by atoms with Gasteiger partial charge in [0.15, 0.2) is 5.78 Å². The van der Waals surface area contributed by atoms with E-state index in [2.05, 4.69) is 12.1 Å². The molecule has 0 amide bonds. The van der Waals surface area contributed by atoms with Crippen LogP contribution < -0.4 is 0 Å². The Labute approximate surface area is 189 Å². The van der Waals surface area contributed by atoms with Gasteiger partial charge in [-0.3, -0.25) is 9.59 Å². The molecule has 162 valence electrons. The zero-order valence-electron chi connectivity index (χ0n) is 18.6. The summed E-state index contributed by atoms with van der Waals surface area (Å²) in [6, 6.07) is 12.0. The van der Waals surface area contributed by atoms with Crippen molar-refractivity contribution in [3.63, 3.8) is 0 Å². The maximum Gasteiger partial charge on any atom is 0.313 e. The Kier molecular flexibility index (Phi) is 6.07. The molecule has 0 saturated heterocycles. The molecule has 2 aromatic rings. The van der Waals surface area contributed by atoms with Crippen molar-refractivity contribution in [2.75, 3.05) is 0 Å². The fourth-order valence-corrected chi connectivity index (χ4v) is 5.23. The molecule has 0 radical (unpaired) electrons. The second kappa shape index (κ2) is 8.63. The maximum absolute atomic E-state index is 13.5. The second-order valence-electron chi connectivity index (χ2n) is 9.17. The molecule has 4 rings (SSSR count). The van der Waals surface area contributed by atoms with Crippen molar-refractivity contribution in [2.45, 2.75) is 53.4 Å². The van der Waals surface area contributed by atoms with Crippen LogP contribution in [0.2, 0.25) is 5.02 Å². The number of allylic oxidation sites excluding steroid dienone is 2. The number of fused-ring (bicyclic) bond motifs is 1. The lowest BCUT2D eigenvalue weighted by molar-refractivity contribution is -0.144. The number of ketones is 1. The third-order valence-corrected chi connectivity index (χ3v) is 6.79. The molecule has 0 N–H and O–H groups in total. The number of esters is 1. The van der Waals surface area contributed by atoms with Gasteiger partial charge in [0.25, 0.3) is 0 Å². The molecule has 2 unspecified atom stereocenters. The zero-order valence-corrected chi connectivity index (χ0v) is 19.4. The highest BCUT2D eigenvalue weighted by Gasteiger charge is 2.46. The van der Waals surface area contributed by atoms with Crippen LogP contribution in [0.25, 0.3) is 16.7 Å². The highest BCUT2D eigenvalue weighted by atomic mass is 35.5. The van der Waals surface area contributed by atoms with E-state index in [0.29, 0.717) is 16.4 Å².